The van der Waals surface area contributed by atoms with Gasteiger partial charge in [-0.05, 0) is 33.6 Å². The normalized spacial score (nSPS) is 25.1. The van der Waals surface area contributed by atoms with E-state index in [9.17, 15) is 13.2 Å². The number of aromatic nitrogens is 3. The lowest BCUT2D eigenvalue weighted by Gasteiger charge is -2.47. The number of sulfone groups is 1. The minimum atomic E-state index is -4.03. The lowest BCUT2D eigenvalue weighted by atomic mass is 9.96. The number of piperazine rings is 1. The summed E-state index contributed by atoms with van der Waals surface area (Å²) in [5, 5.41) is -1.88. The number of pyridine rings is 1. The van der Waals surface area contributed by atoms with E-state index in [1.807, 2.05) is 0 Å². The summed E-state index contributed by atoms with van der Waals surface area (Å²) in [6.07, 6.45) is -0.389. The van der Waals surface area contributed by atoms with Crippen molar-refractivity contribution in [1.82, 2.24) is 19.9 Å². The second-order valence-electron chi connectivity index (χ2n) is 10.3. The van der Waals surface area contributed by atoms with Crippen molar-refractivity contribution >= 4 is 44.3 Å². The van der Waals surface area contributed by atoms with Gasteiger partial charge in [-0.3, -0.25) is 4.90 Å². The van der Waals surface area contributed by atoms with Crippen LogP contribution in [0.4, 0.5) is 23.8 Å². The number of carbonyl (C=O) groups is 1. The summed E-state index contributed by atoms with van der Waals surface area (Å²) >= 11 is 5.86. The van der Waals surface area contributed by atoms with Gasteiger partial charge >= 0.3 is 6.09 Å². The number of fused-ring (bicyclic) bond motifs is 5. The number of hydrogen-bond donors (Lipinski definition) is 0. The third kappa shape index (κ3) is 3.85. The molecule has 0 unspecified atom stereocenters. The highest BCUT2D eigenvalue weighted by molar-refractivity contribution is 7.91. The van der Waals surface area contributed by atoms with Crippen LogP contribution in [-0.2, 0) is 20.5 Å². The number of alkyl halides is 2. The highest BCUT2D eigenvalue weighted by Gasteiger charge is 2.56. The number of carbonyl (C=O) groups excluding carboxylic acids is 1. The monoisotopic (exact) mass is 547 g/mol. The molecule has 0 aliphatic carbocycles. The molecular formula is C22H25ClF3N5O4S. The fourth-order valence-electron chi connectivity index (χ4n) is 5.33. The SMILES string of the molecule is CCS(=O)(=O)c1nc2c3c(nc(Cl)c(F)c3n1)C(F)(F)C[C@@H]1[C@@H]3CC[C@H](CN21)N3C(=O)OC(C)(C)C. The van der Waals surface area contributed by atoms with Crippen LogP contribution < -0.4 is 4.90 Å². The van der Waals surface area contributed by atoms with E-state index in [1.54, 1.807) is 25.7 Å². The average molecular weight is 548 g/mol. The first-order chi connectivity index (χ1) is 16.6. The number of anilines is 1. The largest absolute Gasteiger partial charge is 0.444 e. The lowest BCUT2D eigenvalue weighted by Crippen LogP contribution is -2.62. The first kappa shape index (κ1) is 25.2. The van der Waals surface area contributed by atoms with E-state index >= 15 is 13.2 Å². The molecular weight excluding hydrogens is 523 g/mol. The number of hydrogen-bond acceptors (Lipinski definition) is 8. The van der Waals surface area contributed by atoms with E-state index in [4.69, 9.17) is 16.3 Å². The Kier molecular flexibility index (Phi) is 5.64. The number of amides is 1. The molecule has 3 aliphatic rings. The van der Waals surface area contributed by atoms with Crippen molar-refractivity contribution < 1.29 is 31.1 Å². The Bertz CT molecular complexity index is 1380. The third-order valence-electron chi connectivity index (χ3n) is 6.85. The van der Waals surface area contributed by atoms with Gasteiger partial charge < -0.3 is 9.64 Å². The summed E-state index contributed by atoms with van der Waals surface area (Å²) in [6, 6.07) is -2.01. The van der Waals surface area contributed by atoms with E-state index in [1.165, 1.54) is 11.8 Å². The van der Waals surface area contributed by atoms with Crippen LogP contribution in [0.1, 0.15) is 52.7 Å². The molecule has 2 aromatic heterocycles. The van der Waals surface area contributed by atoms with Gasteiger partial charge in [0.25, 0.3) is 5.92 Å². The maximum absolute atomic E-state index is 15.7. The van der Waals surface area contributed by atoms with E-state index in [0.29, 0.717) is 12.8 Å². The van der Waals surface area contributed by atoms with E-state index in [0.717, 1.165) is 0 Å². The van der Waals surface area contributed by atoms with Gasteiger partial charge in [-0.1, -0.05) is 18.5 Å². The fraction of sp³-hybridized carbons (Fsp3) is 0.636. The molecule has 3 aliphatic heterocycles. The molecule has 5 heterocycles. The molecule has 5 rings (SSSR count). The Morgan fingerprint density at radius 1 is 1.19 bits per heavy atom. The van der Waals surface area contributed by atoms with Crippen LogP contribution in [-0.4, -0.2) is 70.4 Å². The molecule has 2 bridgehead atoms. The molecule has 36 heavy (non-hydrogen) atoms. The molecule has 3 atom stereocenters. The second kappa shape index (κ2) is 8.04. The number of rotatable bonds is 2. The average Bonchev–Trinajstić information content (AvgIpc) is 3.07. The molecule has 1 amide bonds. The quantitative estimate of drug-likeness (QED) is 0.409. The van der Waals surface area contributed by atoms with Crippen molar-refractivity contribution in [1.29, 1.82) is 0 Å². The van der Waals surface area contributed by atoms with Crippen molar-refractivity contribution in [3.8, 4) is 0 Å². The highest BCUT2D eigenvalue weighted by Crippen LogP contribution is 2.50. The van der Waals surface area contributed by atoms with Crippen molar-refractivity contribution in [3.63, 3.8) is 0 Å². The van der Waals surface area contributed by atoms with Crippen LogP contribution in [0.3, 0.4) is 0 Å². The van der Waals surface area contributed by atoms with Crippen molar-refractivity contribution in [2.45, 2.75) is 81.8 Å². The van der Waals surface area contributed by atoms with Crippen LogP contribution in [0.2, 0.25) is 5.15 Å². The Hall–Kier alpha value is -2.41. The molecule has 0 radical (unpaired) electrons. The highest BCUT2D eigenvalue weighted by atomic mass is 35.5. The van der Waals surface area contributed by atoms with E-state index in [2.05, 4.69) is 15.0 Å². The Morgan fingerprint density at radius 2 is 1.89 bits per heavy atom. The predicted molar refractivity (Wildman–Crippen MR) is 125 cm³/mol. The zero-order valence-corrected chi connectivity index (χ0v) is 21.6. The molecule has 0 aromatic carbocycles. The minimum Gasteiger partial charge on any atom is -0.444 e. The molecule has 14 heteroatoms. The first-order valence-electron chi connectivity index (χ1n) is 11.6. The standard InChI is InChI=1S/C22H25ClF3N5O4S/c1-5-36(33,34)19-27-15-13-16(28-17(23)14(15)24)22(25,26)8-12-11-7-6-10(9-30(12)18(13)29-19)31(11)20(32)35-21(2,3)4/h10-12H,5-9H2,1-4H3/t10-,11+,12-/m1/s1. The van der Waals surface area contributed by atoms with Gasteiger partial charge in [0.05, 0.1) is 29.3 Å². The number of halogens is 4. The lowest BCUT2D eigenvalue weighted by molar-refractivity contribution is -0.0379. The van der Waals surface area contributed by atoms with E-state index < -0.39 is 79.3 Å². The molecule has 0 saturated carbocycles. The Morgan fingerprint density at radius 3 is 2.53 bits per heavy atom. The first-order valence-corrected chi connectivity index (χ1v) is 13.6. The topological polar surface area (TPSA) is 106 Å². The second-order valence-corrected chi connectivity index (χ2v) is 12.9. The fourth-order valence-corrected chi connectivity index (χ4v) is 6.22. The number of nitrogens with zero attached hydrogens (tertiary/aromatic N) is 5. The summed E-state index contributed by atoms with van der Waals surface area (Å²) in [5.74, 6) is -5.31. The van der Waals surface area contributed by atoms with E-state index in [-0.39, 0.29) is 23.5 Å². The van der Waals surface area contributed by atoms with Crippen molar-refractivity contribution in [2.75, 3.05) is 17.2 Å². The number of ether oxygens (including phenoxy) is 1. The zero-order chi connectivity index (χ0) is 26.4. The van der Waals surface area contributed by atoms with Crippen LogP contribution in [0.15, 0.2) is 5.16 Å². The van der Waals surface area contributed by atoms with Gasteiger partial charge in [-0.2, -0.15) is 8.78 Å². The molecule has 196 valence electrons. The summed E-state index contributed by atoms with van der Waals surface area (Å²) in [5.41, 5.74) is -2.21. The summed E-state index contributed by atoms with van der Waals surface area (Å²) < 4.78 is 77.5. The third-order valence-corrected chi connectivity index (χ3v) is 8.60. The Labute approximate surface area is 210 Å². The van der Waals surface area contributed by atoms with Crippen molar-refractivity contribution in [3.05, 3.63) is 16.7 Å². The van der Waals surface area contributed by atoms with Gasteiger partial charge in [0.1, 0.15) is 22.6 Å². The molecule has 2 aromatic rings. The maximum atomic E-state index is 15.7. The molecule has 2 fully saturated rings. The molecule has 0 spiro atoms. The maximum Gasteiger partial charge on any atom is 0.410 e. The van der Waals surface area contributed by atoms with Crippen LogP contribution >= 0.6 is 11.6 Å². The van der Waals surface area contributed by atoms with Gasteiger partial charge in [-0.15, -0.1) is 0 Å². The van der Waals surface area contributed by atoms with Gasteiger partial charge in [0, 0.05) is 13.0 Å². The van der Waals surface area contributed by atoms with Crippen LogP contribution in [0.25, 0.3) is 10.9 Å². The molecule has 9 nitrogen and oxygen atoms in total. The predicted octanol–water partition coefficient (Wildman–Crippen LogP) is 4.06. The Balaban J connectivity index is 1.73. The zero-order valence-electron chi connectivity index (χ0n) is 20.1. The summed E-state index contributed by atoms with van der Waals surface area (Å²) in [4.78, 5) is 27.8. The van der Waals surface area contributed by atoms with Crippen LogP contribution in [0.5, 0.6) is 0 Å². The molecule has 2 saturated heterocycles. The minimum absolute atomic E-state index is 0.0813. The summed E-state index contributed by atoms with van der Waals surface area (Å²) in [6.45, 7) is 6.61. The van der Waals surface area contributed by atoms with Crippen LogP contribution in [0, 0.1) is 5.82 Å². The van der Waals surface area contributed by atoms with Gasteiger partial charge in [-0.25, -0.2) is 32.6 Å². The van der Waals surface area contributed by atoms with Gasteiger partial charge in [0.15, 0.2) is 11.0 Å². The van der Waals surface area contributed by atoms with Crippen molar-refractivity contribution in [2.24, 2.45) is 0 Å². The molecule has 0 N–H and O–H groups in total. The summed E-state index contributed by atoms with van der Waals surface area (Å²) in [7, 11) is -4.03. The smallest absolute Gasteiger partial charge is 0.410 e. The van der Waals surface area contributed by atoms with Gasteiger partial charge in [0.2, 0.25) is 15.0 Å².